The van der Waals surface area contributed by atoms with Crippen molar-refractivity contribution in [2.24, 2.45) is 0 Å². The minimum absolute atomic E-state index is 0.0360. The number of hydrogen-bond donors (Lipinski definition) is 1. The van der Waals surface area contributed by atoms with E-state index in [0.29, 0.717) is 18.2 Å². The largest absolute Gasteiger partial charge is 0.375 e. The van der Waals surface area contributed by atoms with Crippen LogP contribution in [0, 0.1) is 5.82 Å². The molecule has 1 aromatic carbocycles. The zero-order chi connectivity index (χ0) is 13.9. The zero-order valence-electron chi connectivity index (χ0n) is 11.5. The second-order valence-electron chi connectivity index (χ2n) is 5.46. The van der Waals surface area contributed by atoms with Crippen molar-refractivity contribution in [3.63, 3.8) is 0 Å². The summed E-state index contributed by atoms with van der Waals surface area (Å²) in [5, 5.41) is 3.45. The van der Waals surface area contributed by atoms with E-state index in [4.69, 9.17) is 4.74 Å². The molecule has 0 saturated carbocycles. The minimum Gasteiger partial charge on any atom is -0.375 e. The van der Waals surface area contributed by atoms with Gasteiger partial charge in [-0.1, -0.05) is 22.9 Å². The Kier molecular flexibility index (Phi) is 4.98. The van der Waals surface area contributed by atoms with Gasteiger partial charge in [-0.3, -0.25) is 0 Å². The van der Waals surface area contributed by atoms with E-state index < -0.39 is 0 Å². The molecule has 1 aromatic rings. The summed E-state index contributed by atoms with van der Waals surface area (Å²) in [6.07, 6.45) is 2.99. The van der Waals surface area contributed by atoms with Crippen LogP contribution in [0.2, 0.25) is 0 Å². The SMILES string of the molecule is CCC1(C)CC(NCc2cc(Br)ccc2F)CCO1. The molecule has 2 unspecified atom stereocenters. The highest BCUT2D eigenvalue weighted by Gasteiger charge is 2.31. The molecule has 1 aliphatic rings. The van der Waals surface area contributed by atoms with Crippen LogP contribution in [0.4, 0.5) is 4.39 Å². The van der Waals surface area contributed by atoms with E-state index in [1.165, 1.54) is 6.07 Å². The summed E-state index contributed by atoms with van der Waals surface area (Å²) < 4.78 is 20.4. The van der Waals surface area contributed by atoms with Gasteiger partial charge in [0.25, 0.3) is 0 Å². The smallest absolute Gasteiger partial charge is 0.127 e. The van der Waals surface area contributed by atoms with Gasteiger partial charge in [-0.15, -0.1) is 0 Å². The van der Waals surface area contributed by atoms with Gasteiger partial charge in [0.05, 0.1) is 5.60 Å². The molecule has 19 heavy (non-hydrogen) atoms. The van der Waals surface area contributed by atoms with E-state index in [1.54, 1.807) is 6.07 Å². The Hall–Kier alpha value is -0.450. The average molecular weight is 330 g/mol. The third kappa shape index (κ3) is 4.01. The van der Waals surface area contributed by atoms with Gasteiger partial charge in [0.15, 0.2) is 0 Å². The van der Waals surface area contributed by atoms with Crippen molar-refractivity contribution in [2.75, 3.05) is 6.61 Å². The standard InChI is InChI=1S/C15H21BrFNO/c1-3-15(2)9-13(6-7-19-15)18-10-11-8-12(16)4-5-14(11)17/h4-5,8,13,18H,3,6-7,9-10H2,1-2H3. The number of nitrogens with one attached hydrogen (secondary N) is 1. The van der Waals surface area contributed by atoms with Crippen LogP contribution in [0.15, 0.2) is 22.7 Å². The van der Waals surface area contributed by atoms with E-state index in [9.17, 15) is 4.39 Å². The highest BCUT2D eigenvalue weighted by molar-refractivity contribution is 9.10. The number of hydrogen-bond acceptors (Lipinski definition) is 2. The van der Waals surface area contributed by atoms with Crippen molar-refractivity contribution in [2.45, 2.75) is 51.3 Å². The van der Waals surface area contributed by atoms with Crippen LogP contribution in [0.3, 0.4) is 0 Å². The maximum Gasteiger partial charge on any atom is 0.127 e. The lowest BCUT2D eigenvalue weighted by molar-refractivity contribution is -0.0781. The van der Waals surface area contributed by atoms with Gasteiger partial charge in [-0.05, 0) is 44.4 Å². The lowest BCUT2D eigenvalue weighted by Gasteiger charge is -2.38. The van der Waals surface area contributed by atoms with Crippen molar-refractivity contribution in [1.29, 1.82) is 0 Å². The third-order valence-electron chi connectivity index (χ3n) is 3.93. The number of benzene rings is 1. The highest BCUT2D eigenvalue weighted by Crippen LogP contribution is 2.28. The Bertz CT molecular complexity index is 440. The van der Waals surface area contributed by atoms with Gasteiger partial charge in [0, 0.05) is 29.2 Å². The third-order valence-corrected chi connectivity index (χ3v) is 4.43. The Morgan fingerprint density at radius 2 is 2.32 bits per heavy atom. The summed E-state index contributed by atoms with van der Waals surface area (Å²) in [5.41, 5.74) is 0.671. The molecule has 0 spiro atoms. The molecular formula is C15H21BrFNO. The predicted molar refractivity (Wildman–Crippen MR) is 78.6 cm³/mol. The molecule has 1 fully saturated rings. The minimum atomic E-state index is -0.152. The summed E-state index contributed by atoms with van der Waals surface area (Å²) in [7, 11) is 0. The van der Waals surface area contributed by atoms with Gasteiger partial charge in [-0.2, -0.15) is 0 Å². The van der Waals surface area contributed by atoms with Crippen molar-refractivity contribution >= 4 is 15.9 Å². The lowest BCUT2D eigenvalue weighted by Crippen LogP contribution is -2.44. The van der Waals surface area contributed by atoms with Crippen LogP contribution in [0.1, 0.15) is 38.7 Å². The Labute approximate surface area is 122 Å². The zero-order valence-corrected chi connectivity index (χ0v) is 13.1. The molecule has 0 aromatic heterocycles. The Balaban J connectivity index is 1.93. The number of rotatable bonds is 4. The lowest BCUT2D eigenvalue weighted by atomic mass is 9.90. The number of ether oxygens (including phenoxy) is 1. The molecule has 4 heteroatoms. The fourth-order valence-corrected chi connectivity index (χ4v) is 2.89. The molecule has 1 N–H and O–H groups in total. The van der Waals surface area contributed by atoms with Gasteiger partial charge in [0.1, 0.15) is 5.82 Å². The topological polar surface area (TPSA) is 21.3 Å². The second kappa shape index (κ2) is 6.33. The second-order valence-corrected chi connectivity index (χ2v) is 6.37. The fourth-order valence-electron chi connectivity index (χ4n) is 2.48. The van der Waals surface area contributed by atoms with E-state index in [-0.39, 0.29) is 11.4 Å². The van der Waals surface area contributed by atoms with E-state index >= 15 is 0 Å². The molecule has 2 nitrogen and oxygen atoms in total. The van der Waals surface area contributed by atoms with Crippen LogP contribution < -0.4 is 5.32 Å². The summed E-state index contributed by atoms with van der Waals surface area (Å²) >= 11 is 3.38. The van der Waals surface area contributed by atoms with E-state index in [1.807, 2.05) is 6.07 Å². The molecule has 2 rings (SSSR count). The molecule has 1 saturated heterocycles. The molecule has 1 heterocycles. The van der Waals surface area contributed by atoms with Gasteiger partial charge in [0.2, 0.25) is 0 Å². The normalized spacial score (nSPS) is 27.5. The van der Waals surface area contributed by atoms with Gasteiger partial charge in [-0.25, -0.2) is 4.39 Å². The molecule has 0 bridgehead atoms. The quantitative estimate of drug-likeness (QED) is 0.900. The predicted octanol–water partition coefficient (Wildman–Crippen LogP) is 4.03. The molecule has 2 atom stereocenters. The van der Waals surface area contributed by atoms with E-state index in [0.717, 1.165) is 30.3 Å². The summed E-state index contributed by atoms with van der Waals surface area (Å²) in [6.45, 7) is 5.65. The number of halogens is 2. The maximum absolute atomic E-state index is 13.7. The molecule has 0 amide bonds. The first kappa shape index (κ1) is 14.9. The molecule has 0 radical (unpaired) electrons. The van der Waals surface area contributed by atoms with Crippen LogP contribution in [0.25, 0.3) is 0 Å². The van der Waals surface area contributed by atoms with Crippen molar-refractivity contribution < 1.29 is 9.13 Å². The molecular weight excluding hydrogens is 309 g/mol. The van der Waals surface area contributed by atoms with Crippen molar-refractivity contribution in [3.8, 4) is 0 Å². The molecule has 0 aliphatic carbocycles. The molecule has 106 valence electrons. The van der Waals surface area contributed by atoms with E-state index in [2.05, 4.69) is 35.1 Å². The van der Waals surface area contributed by atoms with Gasteiger partial charge < -0.3 is 10.1 Å². The Morgan fingerprint density at radius 3 is 3.05 bits per heavy atom. The van der Waals surface area contributed by atoms with Crippen LogP contribution >= 0.6 is 15.9 Å². The summed E-state index contributed by atoms with van der Waals surface area (Å²) in [6, 6.07) is 5.46. The van der Waals surface area contributed by atoms with Gasteiger partial charge >= 0.3 is 0 Å². The first-order valence-electron chi connectivity index (χ1n) is 6.84. The first-order valence-corrected chi connectivity index (χ1v) is 7.63. The monoisotopic (exact) mass is 329 g/mol. The van der Waals surface area contributed by atoms with Crippen LogP contribution in [-0.2, 0) is 11.3 Å². The van der Waals surface area contributed by atoms with Crippen molar-refractivity contribution in [3.05, 3.63) is 34.1 Å². The van der Waals surface area contributed by atoms with Crippen molar-refractivity contribution in [1.82, 2.24) is 5.32 Å². The molecule has 1 aliphatic heterocycles. The highest BCUT2D eigenvalue weighted by atomic mass is 79.9. The van der Waals surface area contributed by atoms with Crippen LogP contribution in [0.5, 0.6) is 0 Å². The Morgan fingerprint density at radius 1 is 1.53 bits per heavy atom. The van der Waals surface area contributed by atoms with Crippen LogP contribution in [-0.4, -0.2) is 18.2 Å². The summed E-state index contributed by atoms with van der Waals surface area (Å²) in [5.74, 6) is -0.152. The average Bonchev–Trinajstić information content (AvgIpc) is 2.40. The first-order chi connectivity index (χ1) is 9.02. The fraction of sp³-hybridized carbons (Fsp3) is 0.600. The summed E-state index contributed by atoms with van der Waals surface area (Å²) in [4.78, 5) is 0. The maximum atomic E-state index is 13.7.